The monoisotopic (exact) mass is 317 g/mol. The summed E-state index contributed by atoms with van der Waals surface area (Å²) in [5.74, 6) is -0.332. The molecule has 0 aliphatic heterocycles. The van der Waals surface area contributed by atoms with Gasteiger partial charge in [0, 0.05) is 17.1 Å². The van der Waals surface area contributed by atoms with E-state index < -0.39 is 5.41 Å². The van der Waals surface area contributed by atoms with Crippen LogP contribution in [-0.4, -0.2) is 5.91 Å². The van der Waals surface area contributed by atoms with Gasteiger partial charge in [0.05, 0.1) is 5.41 Å². The number of halogens is 2. The zero-order valence-corrected chi connectivity index (χ0v) is 12.9. The smallest absolute Gasteiger partial charge is 0.230 e. The molecule has 1 aliphatic rings. The van der Waals surface area contributed by atoms with Crippen molar-refractivity contribution in [2.24, 2.45) is 0 Å². The second-order valence-electron chi connectivity index (χ2n) is 5.72. The molecule has 0 aromatic heterocycles. The highest BCUT2D eigenvalue weighted by molar-refractivity contribution is 6.30. The van der Waals surface area contributed by atoms with Crippen molar-refractivity contribution in [3.8, 4) is 0 Å². The molecule has 1 fully saturated rings. The molecule has 2 aromatic rings. The van der Waals surface area contributed by atoms with Crippen LogP contribution in [0.3, 0.4) is 0 Å². The van der Waals surface area contributed by atoms with E-state index in [-0.39, 0.29) is 18.3 Å². The van der Waals surface area contributed by atoms with Crippen LogP contribution in [0.1, 0.15) is 30.4 Å². The third-order valence-corrected chi connectivity index (χ3v) is 4.69. The zero-order valence-electron chi connectivity index (χ0n) is 12.1. The van der Waals surface area contributed by atoms with E-state index in [2.05, 4.69) is 5.32 Å². The Morgan fingerprint density at radius 3 is 2.41 bits per heavy atom. The van der Waals surface area contributed by atoms with Crippen molar-refractivity contribution in [2.45, 2.75) is 31.2 Å². The molecule has 0 saturated heterocycles. The molecule has 0 heterocycles. The predicted octanol–water partition coefficient (Wildman–Crippen LogP) is 4.22. The number of hydrogen-bond donors (Lipinski definition) is 1. The van der Waals surface area contributed by atoms with Gasteiger partial charge in [0.2, 0.25) is 5.91 Å². The first-order valence-electron chi connectivity index (χ1n) is 7.40. The van der Waals surface area contributed by atoms with Crippen molar-refractivity contribution >= 4 is 17.5 Å². The van der Waals surface area contributed by atoms with Crippen LogP contribution in [-0.2, 0) is 16.8 Å². The summed E-state index contributed by atoms with van der Waals surface area (Å²) in [6.45, 7) is 0.209. The van der Waals surface area contributed by atoms with Gasteiger partial charge in [-0.15, -0.1) is 0 Å². The number of benzene rings is 2. The SMILES string of the molecule is O=C(NCc1ccccc1F)C1(c2ccc(Cl)cc2)CCC1. The highest BCUT2D eigenvalue weighted by Gasteiger charge is 2.45. The fourth-order valence-electron chi connectivity index (χ4n) is 2.93. The van der Waals surface area contributed by atoms with Gasteiger partial charge >= 0.3 is 0 Å². The molecule has 0 atom stereocenters. The summed E-state index contributed by atoms with van der Waals surface area (Å²) in [6.07, 6.45) is 2.66. The quantitative estimate of drug-likeness (QED) is 0.899. The molecule has 2 nitrogen and oxygen atoms in total. The number of nitrogens with one attached hydrogen (secondary N) is 1. The van der Waals surface area contributed by atoms with E-state index in [0.29, 0.717) is 10.6 Å². The lowest BCUT2D eigenvalue weighted by molar-refractivity contribution is -0.130. The van der Waals surface area contributed by atoms with Gasteiger partial charge in [-0.3, -0.25) is 4.79 Å². The highest BCUT2D eigenvalue weighted by atomic mass is 35.5. The van der Waals surface area contributed by atoms with Crippen LogP contribution in [0.15, 0.2) is 48.5 Å². The third-order valence-electron chi connectivity index (χ3n) is 4.44. The lowest BCUT2D eigenvalue weighted by Crippen LogP contribution is -2.49. The standard InChI is InChI=1S/C18H17ClFNO/c19-15-8-6-14(7-9-15)18(10-3-11-18)17(22)21-12-13-4-1-2-5-16(13)20/h1-2,4-9H,3,10-12H2,(H,21,22). The number of hydrogen-bond acceptors (Lipinski definition) is 1. The zero-order chi connectivity index (χ0) is 15.6. The molecule has 0 spiro atoms. The molecule has 1 aliphatic carbocycles. The van der Waals surface area contributed by atoms with Crippen LogP contribution in [0, 0.1) is 5.82 Å². The Balaban J connectivity index is 1.75. The van der Waals surface area contributed by atoms with Crippen molar-refractivity contribution < 1.29 is 9.18 Å². The molecule has 0 unspecified atom stereocenters. The van der Waals surface area contributed by atoms with Crippen LogP contribution >= 0.6 is 11.6 Å². The maximum absolute atomic E-state index is 13.6. The first-order valence-corrected chi connectivity index (χ1v) is 7.77. The normalized spacial score (nSPS) is 15.9. The van der Waals surface area contributed by atoms with E-state index in [1.54, 1.807) is 30.3 Å². The summed E-state index contributed by atoms with van der Waals surface area (Å²) >= 11 is 5.92. The van der Waals surface area contributed by atoms with Gasteiger partial charge in [0.1, 0.15) is 5.82 Å². The van der Waals surface area contributed by atoms with E-state index >= 15 is 0 Å². The largest absolute Gasteiger partial charge is 0.351 e. The summed E-state index contributed by atoms with van der Waals surface area (Å²) in [5, 5.41) is 3.54. The minimum atomic E-state index is -0.490. The van der Waals surface area contributed by atoms with Crippen molar-refractivity contribution in [1.29, 1.82) is 0 Å². The first kappa shape index (κ1) is 15.0. The first-order chi connectivity index (χ1) is 10.6. The van der Waals surface area contributed by atoms with Crippen molar-refractivity contribution in [1.82, 2.24) is 5.32 Å². The average molecular weight is 318 g/mol. The predicted molar refractivity (Wildman–Crippen MR) is 85.2 cm³/mol. The number of rotatable bonds is 4. The molecule has 22 heavy (non-hydrogen) atoms. The Kier molecular flexibility index (Phi) is 4.16. The van der Waals surface area contributed by atoms with Crippen molar-refractivity contribution in [2.75, 3.05) is 0 Å². The molecule has 0 bridgehead atoms. The maximum atomic E-state index is 13.6. The summed E-state index contributed by atoms with van der Waals surface area (Å²) in [6, 6.07) is 13.9. The third kappa shape index (κ3) is 2.73. The molecular formula is C18H17ClFNO. The van der Waals surface area contributed by atoms with Gasteiger partial charge in [-0.2, -0.15) is 0 Å². The van der Waals surface area contributed by atoms with Gasteiger partial charge in [-0.1, -0.05) is 48.4 Å². The van der Waals surface area contributed by atoms with Crippen LogP contribution in [0.2, 0.25) is 5.02 Å². The minimum absolute atomic E-state index is 0.0377. The number of amides is 1. The van der Waals surface area contributed by atoms with Crippen molar-refractivity contribution in [3.63, 3.8) is 0 Å². The fourth-order valence-corrected chi connectivity index (χ4v) is 3.06. The topological polar surface area (TPSA) is 29.1 Å². The van der Waals surface area contributed by atoms with Gasteiger partial charge in [0.15, 0.2) is 0 Å². The molecule has 114 valence electrons. The van der Waals surface area contributed by atoms with Crippen LogP contribution < -0.4 is 5.32 Å². The highest BCUT2D eigenvalue weighted by Crippen LogP contribution is 2.44. The Morgan fingerprint density at radius 2 is 1.82 bits per heavy atom. The number of carbonyl (C=O) groups is 1. The van der Waals surface area contributed by atoms with E-state index in [1.165, 1.54) is 6.07 Å². The van der Waals surface area contributed by atoms with Gasteiger partial charge in [-0.05, 0) is 36.6 Å². The lowest BCUT2D eigenvalue weighted by Gasteiger charge is -2.40. The van der Waals surface area contributed by atoms with E-state index in [4.69, 9.17) is 11.6 Å². The second-order valence-corrected chi connectivity index (χ2v) is 6.15. The molecule has 1 amide bonds. The number of carbonyl (C=O) groups excluding carboxylic acids is 1. The second kappa shape index (κ2) is 6.09. The van der Waals surface area contributed by atoms with E-state index in [1.807, 2.05) is 12.1 Å². The Labute approximate surface area is 134 Å². The minimum Gasteiger partial charge on any atom is -0.351 e. The van der Waals surface area contributed by atoms with Crippen LogP contribution in [0.5, 0.6) is 0 Å². The van der Waals surface area contributed by atoms with Crippen LogP contribution in [0.25, 0.3) is 0 Å². The Morgan fingerprint density at radius 1 is 1.14 bits per heavy atom. The summed E-state index contributed by atoms with van der Waals surface area (Å²) in [7, 11) is 0. The van der Waals surface area contributed by atoms with E-state index in [9.17, 15) is 9.18 Å². The molecule has 0 radical (unpaired) electrons. The molecule has 1 N–H and O–H groups in total. The average Bonchev–Trinajstić information content (AvgIpc) is 2.47. The molecule has 1 saturated carbocycles. The fraction of sp³-hybridized carbons (Fsp3) is 0.278. The summed E-state index contributed by atoms with van der Waals surface area (Å²) in [5.41, 5.74) is 0.992. The van der Waals surface area contributed by atoms with Crippen molar-refractivity contribution in [3.05, 3.63) is 70.5 Å². The molecule has 2 aromatic carbocycles. The molecule has 4 heteroatoms. The van der Waals surface area contributed by atoms with Crippen LogP contribution in [0.4, 0.5) is 4.39 Å². The van der Waals surface area contributed by atoms with E-state index in [0.717, 1.165) is 24.8 Å². The van der Waals surface area contributed by atoms with Gasteiger partial charge < -0.3 is 5.32 Å². The summed E-state index contributed by atoms with van der Waals surface area (Å²) < 4.78 is 13.6. The maximum Gasteiger partial charge on any atom is 0.230 e. The summed E-state index contributed by atoms with van der Waals surface area (Å²) in [4.78, 5) is 12.7. The molecule has 3 rings (SSSR count). The van der Waals surface area contributed by atoms with Gasteiger partial charge in [-0.25, -0.2) is 4.39 Å². The van der Waals surface area contributed by atoms with Gasteiger partial charge in [0.25, 0.3) is 0 Å². The lowest BCUT2D eigenvalue weighted by atomic mass is 9.64. The molecular weight excluding hydrogens is 301 g/mol. The Hall–Kier alpha value is -1.87. The Bertz CT molecular complexity index is 680.